The lowest BCUT2D eigenvalue weighted by Crippen LogP contribution is -2.54. The maximum absolute atomic E-state index is 13.4. The van der Waals surface area contributed by atoms with Crippen LogP contribution in [0.15, 0.2) is 4.90 Å². The number of hydrogen-bond acceptors (Lipinski definition) is 4. The fraction of sp³-hybridized carbons (Fsp3) is 0.600. The third-order valence-electron chi connectivity index (χ3n) is 6.37. The summed E-state index contributed by atoms with van der Waals surface area (Å²) in [5.74, 6) is -0.215. The van der Waals surface area contributed by atoms with E-state index in [1.165, 1.54) is 4.31 Å². The minimum Gasteiger partial charge on any atom is -0.344 e. The molecule has 0 aliphatic carbocycles. The lowest BCUT2D eigenvalue weighted by molar-refractivity contribution is -0.135. The number of nitrogens with zero attached hydrogens (tertiary/aromatic N) is 2. The molecule has 2 aliphatic rings. The number of carbonyl (C=O) groups is 2. The highest BCUT2D eigenvalue weighted by atomic mass is 32.2. The number of benzene rings is 1. The maximum Gasteiger partial charge on any atom is 0.245 e. The van der Waals surface area contributed by atoms with Gasteiger partial charge in [-0.1, -0.05) is 0 Å². The normalized spacial score (nSPS) is 21.1. The predicted octanol–water partition coefficient (Wildman–Crippen LogP) is 1.34. The fourth-order valence-corrected chi connectivity index (χ4v) is 6.13. The number of sulfonamides is 1. The van der Waals surface area contributed by atoms with Gasteiger partial charge in [-0.05, 0) is 68.9 Å². The third kappa shape index (κ3) is 3.43. The molecular formula is C20H29N3O4S. The van der Waals surface area contributed by atoms with E-state index in [9.17, 15) is 18.0 Å². The molecule has 1 atom stereocenters. The molecule has 1 aromatic carbocycles. The highest BCUT2D eigenvalue weighted by Gasteiger charge is 2.36. The van der Waals surface area contributed by atoms with Crippen molar-refractivity contribution in [1.82, 2.24) is 14.5 Å². The first-order valence-corrected chi connectivity index (χ1v) is 11.1. The number of nitrogens with one attached hydrogen (secondary N) is 1. The Labute approximate surface area is 167 Å². The van der Waals surface area contributed by atoms with Gasteiger partial charge in [0, 0.05) is 32.6 Å². The average molecular weight is 408 g/mol. The molecule has 2 heterocycles. The molecule has 0 spiro atoms. The summed E-state index contributed by atoms with van der Waals surface area (Å²) in [5, 5.41) is 2.69. The van der Waals surface area contributed by atoms with Crippen LogP contribution in [0.5, 0.6) is 0 Å². The number of piperazine rings is 1. The monoisotopic (exact) mass is 407 g/mol. The van der Waals surface area contributed by atoms with Gasteiger partial charge in [0.25, 0.3) is 0 Å². The zero-order chi connectivity index (χ0) is 20.8. The van der Waals surface area contributed by atoms with E-state index in [-0.39, 0.29) is 24.9 Å². The Morgan fingerprint density at radius 2 is 1.39 bits per heavy atom. The Hall–Kier alpha value is -1.93. The summed E-state index contributed by atoms with van der Waals surface area (Å²) >= 11 is 0. The first kappa shape index (κ1) is 20.8. The van der Waals surface area contributed by atoms with E-state index < -0.39 is 16.1 Å². The quantitative estimate of drug-likeness (QED) is 0.819. The lowest BCUT2D eigenvalue weighted by Gasteiger charge is -2.36. The molecular weight excluding hydrogens is 378 g/mol. The molecule has 0 unspecified atom stereocenters. The molecule has 28 heavy (non-hydrogen) atoms. The average Bonchev–Trinajstić information content (AvgIpc) is 3.10. The van der Waals surface area contributed by atoms with Crippen molar-refractivity contribution in [1.29, 1.82) is 0 Å². The number of carbonyl (C=O) groups excluding carboxylic acids is 2. The molecule has 2 fully saturated rings. The van der Waals surface area contributed by atoms with Gasteiger partial charge in [0.2, 0.25) is 21.8 Å². The molecule has 0 aromatic heterocycles. The summed E-state index contributed by atoms with van der Waals surface area (Å²) in [6.45, 7) is 10.9. The number of hydrogen-bond donors (Lipinski definition) is 1. The van der Waals surface area contributed by atoms with E-state index >= 15 is 0 Å². The van der Waals surface area contributed by atoms with Crippen molar-refractivity contribution in [3.63, 3.8) is 0 Å². The molecule has 0 radical (unpaired) electrons. The van der Waals surface area contributed by atoms with Crippen LogP contribution >= 0.6 is 0 Å². The summed E-state index contributed by atoms with van der Waals surface area (Å²) in [5.41, 5.74) is 4.74. The summed E-state index contributed by atoms with van der Waals surface area (Å²) in [7, 11) is -3.64. The van der Waals surface area contributed by atoms with E-state index in [1.807, 2.05) is 34.6 Å². The van der Waals surface area contributed by atoms with Crippen molar-refractivity contribution >= 4 is 21.8 Å². The van der Waals surface area contributed by atoms with Crippen LogP contribution in [0.25, 0.3) is 0 Å². The lowest BCUT2D eigenvalue weighted by atomic mass is 9.95. The Bertz CT molecular complexity index is 902. The van der Waals surface area contributed by atoms with Crippen LogP contribution < -0.4 is 5.32 Å². The summed E-state index contributed by atoms with van der Waals surface area (Å²) in [4.78, 5) is 26.0. The van der Waals surface area contributed by atoms with E-state index in [4.69, 9.17) is 0 Å². The van der Waals surface area contributed by atoms with E-state index in [1.54, 1.807) is 4.90 Å². The maximum atomic E-state index is 13.4. The van der Waals surface area contributed by atoms with Crippen molar-refractivity contribution in [2.45, 2.75) is 58.4 Å². The van der Waals surface area contributed by atoms with Gasteiger partial charge in [0.1, 0.15) is 6.04 Å². The SMILES string of the molecule is Cc1c(C)c(C)c(S(=O)(=O)N2CCN(C(=O)[C@H]3CCC(=O)N3)CC2)c(C)c1C. The molecule has 0 saturated carbocycles. The fourth-order valence-electron chi connectivity index (χ4n) is 4.15. The van der Waals surface area contributed by atoms with Crippen molar-refractivity contribution in [3.05, 3.63) is 27.8 Å². The zero-order valence-electron chi connectivity index (χ0n) is 17.3. The van der Waals surface area contributed by atoms with E-state index in [0.29, 0.717) is 30.8 Å². The molecule has 8 heteroatoms. The highest BCUT2D eigenvalue weighted by Crippen LogP contribution is 2.32. The van der Waals surface area contributed by atoms with Crippen molar-refractivity contribution in [2.24, 2.45) is 0 Å². The molecule has 7 nitrogen and oxygen atoms in total. The van der Waals surface area contributed by atoms with Crippen LogP contribution in [0.2, 0.25) is 0 Å². The molecule has 1 aromatic rings. The minimum atomic E-state index is -3.64. The zero-order valence-corrected chi connectivity index (χ0v) is 18.1. The Morgan fingerprint density at radius 1 is 0.893 bits per heavy atom. The largest absolute Gasteiger partial charge is 0.344 e. The topological polar surface area (TPSA) is 86.8 Å². The Balaban J connectivity index is 1.79. The van der Waals surface area contributed by atoms with Crippen LogP contribution in [0.1, 0.15) is 40.7 Å². The smallest absolute Gasteiger partial charge is 0.245 e. The molecule has 3 rings (SSSR count). The molecule has 1 N–H and O–H groups in total. The predicted molar refractivity (Wildman–Crippen MR) is 107 cm³/mol. The van der Waals surface area contributed by atoms with Crippen molar-refractivity contribution < 1.29 is 18.0 Å². The van der Waals surface area contributed by atoms with E-state index in [2.05, 4.69) is 5.32 Å². The molecule has 2 amide bonds. The second-order valence-electron chi connectivity index (χ2n) is 7.84. The third-order valence-corrected chi connectivity index (χ3v) is 8.55. The van der Waals surface area contributed by atoms with Gasteiger partial charge in [0.15, 0.2) is 0 Å². The standard InChI is InChI=1S/C20H29N3O4S/c1-12-13(2)15(4)19(16(5)14(12)3)28(26,27)23-10-8-22(9-11-23)20(25)17-6-7-18(24)21-17/h17H,6-11H2,1-5H3,(H,21,24)/t17-/m1/s1. The molecule has 154 valence electrons. The van der Waals surface area contributed by atoms with Crippen LogP contribution in [0.4, 0.5) is 0 Å². The first-order valence-electron chi connectivity index (χ1n) is 9.71. The van der Waals surface area contributed by atoms with Gasteiger partial charge in [-0.15, -0.1) is 0 Å². The number of rotatable bonds is 3. The van der Waals surface area contributed by atoms with Crippen LogP contribution in [-0.2, 0) is 19.6 Å². The summed E-state index contributed by atoms with van der Waals surface area (Å²) in [6.07, 6.45) is 0.881. The van der Waals surface area contributed by atoms with Crippen molar-refractivity contribution in [3.8, 4) is 0 Å². The van der Waals surface area contributed by atoms with Gasteiger partial charge < -0.3 is 10.2 Å². The minimum absolute atomic E-state index is 0.101. The second-order valence-corrected chi connectivity index (χ2v) is 9.72. The highest BCUT2D eigenvalue weighted by molar-refractivity contribution is 7.89. The van der Waals surface area contributed by atoms with Gasteiger partial charge in [0.05, 0.1) is 4.90 Å². The summed E-state index contributed by atoms with van der Waals surface area (Å²) < 4.78 is 28.3. The Kier molecular flexibility index (Phi) is 5.55. The van der Waals surface area contributed by atoms with Gasteiger partial charge >= 0.3 is 0 Å². The van der Waals surface area contributed by atoms with Crippen LogP contribution in [0, 0.1) is 34.6 Å². The molecule has 0 bridgehead atoms. The van der Waals surface area contributed by atoms with E-state index in [0.717, 1.165) is 27.8 Å². The first-order chi connectivity index (χ1) is 13.1. The van der Waals surface area contributed by atoms with Crippen molar-refractivity contribution in [2.75, 3.05) is 26.2 Å². The van der Waals surface area contributed by atoms with Crippen LogP contribution in [0.3, 0.4) is 0 Å². The van der Waals surface area contributed by atoms with Crippen LogP contribution in [-0.4, -0.2) is 61.7 Å². The Morgan fingerprint density at radius 3 is 1.86 bits per heavy atom. The second kappa shape index (κ2) is 7.48. The summed E-state index contributed by atoms with van der Waals surface area (Å²) in [6, 6.07) is -0.470. The molecule has 2 saturated heterocycles. The number of amides is 2. The van der Waals surface area contributed by atoms with Gasteiger partial charge in [-0.25, -0.2) is 8.42 Å². The van der Waals surface area contributed by atoms with Gasteiger partial charge in [-0.3, -0.25) is 9.59 Å². The molecule has 2 aliphatic heterocycles. The van der Waals surface area contributed by atoms with Gasteiger partial charge in [-0.2, -0.15) is 4.31 Å².